The molecule has 0 radical (unpaired) electrons. The molecule has 0 heterocycles. The standard InChI is InChI=1S/C14H11NO3/c15-12-8-4-3-7-11(12)13(16)9-5-1-2-6-10(9)14(17)18/h1-8H,15H2,(H,17,18). The Kier molecular flexibility index (Phi) is 3.10. The van der Waals surface area contributed by atoms with E-state index >= 15 is 0 Å². The SMILES string of the molecule is Nc1ccccc1C(=O)c1ccccc1C(=O)O. The van der Waals surface area contributed by atoms with Crippen molar-refractivity contribution in [1.82, 2.24) is 0 Å². The first-order chi connectivity index (χ1) is 8.61. The fourth-order valence-electron chi connectivity index (χ4n) is 1.72. The molecule has 0 amide bonds. The van der Waals surface area contributed by atoms with Crippen molar-refractivity contribution in [2.75, 3.05) is 5.73 Å². The van der Waals surface area contributed by atoms with Crippen molar-refractivity contribution in [3.05, 3.63) is 65.2 Å². The maximum absolute atomic E-state index is 12.2. The number of carboxylic acids is 1. The number of aromatic carboxylic acids is 1. The maximum Gasteiger partial charge on any atom is 0.336 e. The number of rotatable bonds is 3. The van der Waals surface area contributed by atoms with Gasteiger partial charge >= 0.3 is 5.97 Å². The topological polar surface area (TPSA) is 80.4 Å². The summed E-state index contributed by atoms with van der Waals surface area (Å²) in [7, 11) is 0. The molecule has 2 aromatic carbocycles. The van der Waals surface area contributed by atoms with Crippen LogP contribution in [0.5, 0.6) is 0 Å². The number of carbonyl (C=O) groups is 2. The van der Waals surface area contributed by atoms with Crippen molar-refractivity contribution in [2.45, 2.75) is 0 Å². The van der Waals surface area contributed by atoms with E-state index in [0.717, 1.165) is 0 Å². The molecule has 90 valence electrons. The van der Waals surface area contributed by atoms with Crippen LogP contribution < -0.4 is 5.73 Å². The lowest BCUT2D eigenvalue weighted by molar-refractivity contribution is 0.0693. The highest BCUT2D eigenvalue weighted by Gasteiger charge is 2.18. The number of nitrogens with two attached hydrogens (primary N) is 1. The van der Waals surface area contributed by atoms with Gasteiger partial charge in [-0.25, -0.2) is 4.79 Å². The highest BCUT2D eigenvalue weighted by atomic mass is 16.4. The lowest BCUT2D eigenvalue weighted by atomic mass is 9.97. The molecule has 0 fully saturated rings. The summed E-state index contributed by atoms with van der Waals surface area (Å²) in [5, 5.41) is 9.05. The third kappa shape index (κ3) is 2.08. The Morgan fingerprint density at radius 1 is 0.833 bits per heavy atom. The van der Waals surface area contributed by atoms with Crippen LogP contribution in [0, 0.1) is 0 Å². The highest BCUT2D eigenvalue weighted by Crippen LogP contribution is 2.19. The van der Waals surface area contributed by atoms with Gasteiger partial charge in [-0.3, -0.25) is 4.79 Å². The first kappa shape index (κ1) is 11.9. The molecule has 3 N–H and O–H groups in total. The van der Waals surface area contributed by atoms with Gasteiger partial charge in [0.25, 0.3) is 0 Å². The molecule has 0 aliphatic rings. The van der Waals surface area contributed by atoms with Crippen molar-refractivity contribution < 1.29 is 14.7 Å². The number of hydrogen-bond acceptors (Lipinski definition) is 3. The van der Waals surface area contributed by atoms with Gasteiger partial charge in [0.1, 0.15) is 0 Å². The van der Waals surface area contributed by atoms with Crippen molar-refractivity contribution in [3.63, 3.8) is 0 Å². The van der Waals surface area contributed by atoms with Crippen molar-refractivity contribution >= 4 is 17.4 Å². The molecule has 0 spiro atoms. The zero-order valence-electron chi connectivity index (χ0n) is 9.46. The predicted octanol–water partition coefficient (Wildman–Crippen LogP) is 2.20. The molecular formula is C14H11NO3. The average molecular weight is 241 g/mol. The molecule has 0 saturated carbocycles. The van der Waals surface area contributed by atoms with Gasteiger partial charge in [0.2, 0.25) is 0 Å². The number of ketones is 1. The predicted molar refractivity (Wildman–Crippen MR) is 67.7 cm³/mol. The Morgan fingerprint density at radius 2 is 1.33 bits per heavy atom. The van der Waals surface area contributed by atoms with Crippen molar-refractivity contribution in [3.8, 4) is 0 Å². The van der Waals surface area contributed by atoms with E-state index in [0.29, 0.717) is 11.3 Å². The monoisotopic (exact) mass is 241 g/mol. The average Bonchev–Trinajstić information content (AvgIpc) is 2.38. The van der Waals surface area contributed by atoms with E-state index in [-0.39, 0.29) is 16.9 Å². The zero-order valence-corrected chi connectivity index (χ0v) is 9.46. The normalized spacial score (nSPS) is 10.0. The minimum atomic E-state index is -1.13. The summed E-state index contributed by atoms with van der Waals surface area (Å²) in [6.07, 6.45) is 0. The third-order valence-electron chi connectivity index (χ3n) is 2.61. The van der Waals surface area contributed by atoms with Gasteiger partial charge in [0, 0.05) is 16.8 Å². The highest BCUT2D eigenvalue weighted by molar-refractivity contribution is 6.16. The lowest BCUT2D eigenvalue weighted by Gasteiger charge is -2.07. The molecule has 0 unspecified atom stereocenters. The van der Waals surface area contributed by atoms with E-state index in [1.54, 1.807) is 36.4 Å². The van der Waals surface area contributed by atoms with Crippen LogP contribution in [0.3, 0.4) is 0 Å². The van der Waals surface area contributed by atoms with E-state index in [2.05, 4.69) is 0 Å². The molecule has 4 heteroatoms. The number of carbonyl (C=O) groups excluding carboxylic acids is 1. The van der Waals surface area contributed by atoms with E-state index in [1.165, 1.54) is 12.1 Å². The molecule has 0 aliphatic heterocycles. The Balaban J connectivity index is 2.54. The summed E-state index contributed by atoms with van der Waals surface area (Å²) in [5.41, 5.74) is 6.48. The van der Waals surface area contributed by atoms with Gasteiger partial charge in [-0.1, -0.05) is 30.3 Å². The second-order valence-corrected chi connectivity index (χ2v) is 3.77. The fraction of sp³-hybridized carbons (Fsp3) is 0. The summed E-state index contributed by atoms with van der Waals surface area (Å²) in [4.78, 5) is 23.3. The molecule has 0 atom stereocenters. The van der Waals surface area contributed by atoms with Gasteiger partial charge in [0.15, 0.2) is 5.78 Å². The number of nitrogen functional groups attached to an aromatic ring is 1. The molecule has 0 aromatic heterocycles. The summed E-state index contributed by atoms with van der Waals surface area (Å²) in [6.45, 7) is 0. The molecular weight excluding hydrogens is 230 g/mol. The van der Waals surface area contributed by atoms with Gasteiger partial charge in [-0.15, -0.1) is 0 Å². The molecule has 2 rings (SSSR count). The van der Waals surface area contributed by atoms with E-state index in [4.69, 9.17) is 10.8 Å². The second-order valence-electron chi connectivity index (χ2n) is 3.77. The lowest BCUT2D eigenvalue weighted by Crippen LogP contribution is -2.11. The minimum Gasteiger partial charge on any atom is -0.478 e. The Morgan fingerprint density at radius 3 is 1.89 bits per heavy atom. The summed E-state index contributed by atoms with van der Waals surface area (Å²) >= 11 is 0. The van der Waals surface area contributed by atoms with E-state index < -0.39 is 5.97 Å². The Hall–Kier alpha value is -2.62. The largest absolute Gasteiger partial charge is 0.478 e. The van der Waals surface area contributed by atoms with E-state index in [1.807, 2.05) is 0 Å². The number of hydrogen-bond donors (Lipinski definition) is 2. The summed E-state index contributed by atoms with van der Waals surface area (Å²) in [5.74, 6) is -1.51. The van der Waals surface area contributed by atoms with Crippen molar-refractivity contribution in [1.29, 1.82) is 0 Å². The number of para-hydroxylation sites is 1. The second kappa shape index (κ2) is 4.71. The van der Waals surface area contributed by atoms with Gasteiger partial charge in [-0.05, 0) is 18.2 Å². The molecule has 0 saturated heterocycles. The molecule has 0 aliphatic carbocycles. The maximum atomic E-state index is 12.2. The van der Waals surface area contributed by atoms with Gasteiger partial charge < -0.3 is 10.8 Å². The summed E-state index contributed by atoms with van der Waals surface area (Å²) < 4.78 is 0. The first-order valence-corrected chi connectivity index (χ1v) is 5.33. The number of anilines is 1. The van der Waals surface area contributed by atoms with E-state index in [9.17, 15) is 9.59 Å². The van der Waals surface area contributed by atoms with Gasteiger partial charge in [0.05, 0.1) is 5.56 Å². The third-order valence-corrected chi connectivity index (χ3v) is 2.61. The smallest absolute Gasteiger partial charge is 0.336 e. The first-order valence-electron chi connectivity index (χ1n) is 5.33. The van der Waals surface area contributed by atoms with Crippen LogP contribution >= 0.6 is 0 Å². The quantitative estimate of drug-likeness (QED) is 0.637. The van der Waals surface area contributed by atoms with Crippen LogP contribution in [0.2, 0.25) is 0 Å². The van der Waals surface area contributed by atoms with Crippen molar-refractivity contribution in [2.24, 2.45) is 0 Å². The number of carboxylic acid groups (broad SMARTS) is 1. The van der Waals surface area contributed by atoms with Gasteiger partial charge in [-0.2, -0.15) is 0 Å². The molecule has 0 bridgehead atoms. The zero-order chi connectivity index (χ0) is 13.1. The van der Waals surface area contributed by atoms with Crippen LogP contribution in [0.25, 0.3) is 0 Å². The molecule has 4 nitrogen and oxygen atoms in total. The van der Waals surface area contributed by atoms with Crippen LogP contribution in [0.4, 0.5) is 5.69 Å². The molecule has 18 heavy (non-hydrogen) atoms. The Bertz CT molecular complexity index is 620. The summed E-state index contributed by atoms with van der Waals surface area (Å²) in [6, 6.07) is 12.7. The number of benzene rings is 2. The van der Waals surface area contributed by atoms with Crippen LogP contribution in [0.1, 0.15) is 26.3 Å². The molecule has 2 aromatic rings. The Labute approximate surface area is 104 Å². The van der Waals surface area contributed by atoms with Crippen LogP contribution in [0.15, 0.2) is 48.5 Å². The van der Waals surface area contributed by atoms with Crippen LogP contribution in [-0.4, -0.2) is 16.9 Å². The minimum absolute atomic E-state index is 0.0225. The fourth-order valence-corrected chi connectivity index (χ4v) is 1.72. The van der Waals surface area contributed by atoms with Crippen LogP contribution in [-0.2, 0) is 0 Å².